The summed E-state index contributed by atoms with van der Waals surface area (Å²) in [4.78, 5) is 10.5. The fourth-order valence-corrected chi connectivity index (χ4v) is 2.20. The summed E-state index contributed by atoms with van der Waals surface area (Å²) in [5.74, 6) is 5.37. The molecule has 0 aliphatic heterocycles. The normalized spacial score (nSPS) is 15.2. The Balaban J connectivity index is 4.85. The second-order valence-electron chi connectivity index (χ2n) is 3.56. The Morgan fingerprint density at radius 2 is 2.07 bits per heavy atom. The van der Waals surface area contributed by atoms with Gasteiger partial charge in [-0.25, -0.2) is 0 Å². The maximum atomic E-state index is 11.0. The Hall–Kier alpha value is -0.530. The van der Waals surface area contributed by atoms with Crippen LogP contribution in [0.15, 0.2) is 0 Å². The van der Waals surface area contributed by atoms with Gasteiger partial charge in [0.25, 0.3) is 0 Å². The Morgan fingerprint density at radius 3 is 2.36 bits per heavy atom. The highest BCUT2D eigenvalue weighted by molar-refractivity contribution is 9.10. The molecule has 0 aliphatic rings. The van der Waals surface area contributed by atoms with Crippen LogP contribution in [-0.2, 0) is 9.53 Å². The fourth-order valence-electron chi connectivity index (χ4n) is 1.32. The SMILES string of the molecule is CC#CC(C)(C)C(OC)C(Br)C(N)=O. The van der Waals surface area contributed by atoms with Gasteiger partial charge in [-0.15, -0.1) is 5.92 Å². The fraction of sp³-hybridized carbons (Fsp3) is 0.700. The van der Waals surface area contributed by atoms with Crippen molar-refractivity contribution in [2.75, 3.05) is 7.11 Å². The molecule has 2 unspecified atom stereocenters. The van der Waals surface area contributed by atoms with Crippen LogP contribution in [-0.4, -0.2) is 23.9 Å². The van der Waals surface area contributed by atoms with Gasteiger partial charge < -0.3 is 10.5 Å². The zero-order chi connectivity index (χ0) is 11.4. The van der Waals surface area contributed by atoms with Crippen LogP contribution in [0, 0.1) is 17.3 Å². The minimum absolute atomic E-state index is 0.354. The number of ether oxygens (including phenoxy) is 1. The standard InChI is InChI=1S/C10H16BrNO2/c1-5-6-10(2,3)8(14-4)7(11)9(12)13/h7-8H,1-4H3,(H2,12,13). The van der Waals surface area contributed by atoms with E-state index in [1.54, 1.807) is 14.0 Å². The van der Waals surface area contributed by atoms with Crippen molar-refractivity contribution >= 4 is 21.8 Å². The van der Waals surface area contributed by atoms with E-state index in [0.29, 0.717) is 0 Å². The molecule has 0 spiro atoms. The molecule has 2 N–H and O–H groups in total. The highest BCUT2D eigenvalue weighted by Gasteiger charge is 2.36. The summed E-state index contributed by atoms with van der Waals surface area (Å²) >= 11 is 3.21. The zero-order valence-corrected chi connectivity index (χ0v) is 10.5. The lowest BCUT2D eigenvalue weighted by Gasteiger charge is -2.30. The molecule has 0 radical (unpaired) electrons. The van der Waals surface area contributed by atoms with Gasteiger partial charge in [-0.2, -0.15) is 0 Å². The van der Waals surface area contributed by atoms with E-state index in [9.17, 15) is 4.79 Å². The van der Waals surface area contributed by atoms with Crippen LogP contribution in [0.3, 0.4) is 0 Å². The largest absolute Gasteiger partial charge is 0.378 e. The number of hydrogen-bond acceptors (Lipinski definition) is 2. The van der Waals surface area contributed by atoms with Crippen LogP contribution in [0.5, 0.6) is 0 Å². The molecule has 0 bridgehead atoms. The molecular formula is C10H16BrNO2. The molecule has 4 heteroatoms. The van der Waals surface area contributed by atoms with Crippen LogP contribution in [0.4, 0.5) is 0 Å². The summed E-state index contributed by atoms with van der Waals surface area (Å²) in [5.41, 5.74) is 4.78. The molecule has 0 aliphatic carbocycles. The summed E-state index contributed by atoms with van der Waals surface area (Å²) < 4.78 is 5.24. The monoisotopic (exact) mass is 261 g/mol. The van der Waals surface area contributed by atoms with Gasteiger partial charge in [0, 0.05) is 7.11 Å². The third kappa shape index (κ3) is 3.32. The van der Waals surface area contributed by atoms with Gasteiger partial charge in [-0.3, -0.25) is 4.79 Å². The van der Waals surface area contributed by atoms with Gasteiger partial charge >= 0.3 is 0 Å². The molecule has 80 valence electrons. The molecule has 14 heavy (non-hydrogen) atoms. The molecule has 0 fully saturated rings. The number of methoxy groups -OCH3 is 1. The minimum Gasteiger partial charge on any atom is -0.378 e. The lowest BCUT2D eigenvalue weighted by Crippen LogP contribution is -2.44. The molecule has 0 aromatic carbocycles. The van der Waals surface area contributed by atoms with E-state index < -0.39 is 16.1 Å². The molecule has 3 nitrogen and oxygen atoms in total. The summed E-state index contributed by atoms with van der Waals surface area (Å²) in [6, 6.07) is 0. The zero-order valence-electron chi connectivity index (χ0n) is 8.93. The van der Waals surface area contributed by atoms with Crippen molar-refractivity contribution in [2.45, 2.75) is 31.7 Å². The molecule has 0 rings (SSSR count). The van der Waals surface area contributed by atoms with Crippen LogP contribution < -0.4 is 5.73 Å². The van der Waals surface area contributed by atoms with Gasteiger partial charge in [0.1, 0.15) is 4.83 Å². The molecule has 0 aromatic rings. The summed E-state index contributed by atoms with van der Waals surface area (Å²) in [6.07, 6.45) is -0.354. The number of hydrogen-bond donors (Lipinski definition) is 1. The topological polar surface area (TPSA) is 52.3 Å². The van der Waals surface area contributed by atoms with Crippen molar-refractivity contribution < 1.29 is 9.53 Å². The second kappa shape index (κ2) is 5.38. The number of amides is 1. The second-order valence-corrected chi connectivity index (χ2v) is 4.54. The molecule has 0 aromatic heterocycles. The van der Waals surface area contributed by atoms with E-state index in [-0.39, 0.29) is 6.10 Å². The van der Waals surface area contributed by atoms with Gasteiger partial charge in [0.2, 0.25) is 5.91 Å². The van der Waals surface area contributed by atoms with Crippen molar-refractivity contribution in [1.82, 2.24) is 0 Å². The van der Waals surface area contributed by atoms with E-state index >= 15 is 0 Å². The average molecular weight is 262 g/mol. The number of primary amides is 1. The third-order valence-corrected chi connectivity index (χ3v) is 2.88. The Kier molecular flexibility index (Phi) is 5.17. The van der Waals surface area contributed by atoms with Crippen LogP contribution in [0.1, 0.15) is 20.8 Å². The maximum Gasteiger partial charge on any atom is 0.233 e. The first-order valence-corrected chi connectivity index (χ1v) is 5.18. The van der Waals surface area contributed by atoms with Gasteiger partial charge in [-0.05, 0) is 20.8 Å². The average Bonchev–Trinajstić information content (AvgIpc) is 2.04. The number of rotatable bonds is 4. The summed E-state index contributed by atoms with van der Waals surface area (Å²) in [5, 5.41) is 0. The van der Waals surface area contributed by atoms with Crippen molar-refractivity contribution in [3.63, 3.8) is 0 Å². The van der Waals surface area contributed by atoms with Crippen LogP contribution >= 0.6 is 15.9 Å². The highest BCUT2D eigenvalue weighted by atomic mass is 79.9. The van der Waals surface area contributed by atoms with E-state index in [1.165, 1.54) is 0 Å². The predicted octanol–water partition coefficient (Wildman–Crippen LogP) is 1.30. The highest BCUT2D eigenvalue weighted by Crippen LogP contribution is 2.28. The molecule has 1 amide bonds. The summed E-state index contributed by atoms with van der Waals surface area (Å²) in [6.45, 7) is 5.58. The van der Waals surface area contributed by atoms with E-state index in [1.807, 2.05) is 13.8 Å². The predicted molar refractivity (Wildman–Crippen MR) is 59.9 cm³/mol. The van der Waals surface area contributed by atoms with Crippen LogP contribution in [0.25, 0.3) is 0 Å². The lowest BCUT2D eigenvalue weighted by molar-refractivity contribution is -0.120. The number of halogens is 1. The quantitative estimate of drug-likeness (QED) is 0.613. The van der Waals surface area contributed by atoms with Crippen LogP contribution in [0.2, 0.25) is 0 Å². The van der Waals surface area contributed by atoms with E-state index in [4.69, 9.17) is 10.5 Å². The minimum atomic E-state index is -0.525. The maximum absolute atomic E-state index is 11.0. The number of carbonyl (C=O) groups excluding carboxylic acids is 1. The number of alkyl halides is 1. The number of nitrogens with two attached hydrogens (primary N) is 1. The first-order chi connectivity index (χ1) is 6.36. The smallest absolute Gasteiger partial charge is 0.233 e. The van der Waals surface area contributed by atoms with Crippen molar-refractivity contribution in [3.05, 3.63) is 0 Å². The van der Waals surface area contributed by atoms with Crippen molar-refractivity contribution in [2.24, 2.45) is 11.1 Å². The van der Waals surface area contributed by atoms with Crippen molar-refractivity contribution in [1.29, 1.82) is 0 Å². The van der Waals surface area contributed by atoms with Crippen molar-refractivity contribution in [3.8, 4) is 11.8 Å². The molecule has 2 atom stereocenters. The summed E-state index contributed by atoms with van der Waals surface area (Å²) in [7, 11) is 1.54. The molecule has 0 heterocycles. The van der Waals surface area contributed by atoms with Gasteiger partial charge in [0.05, 0.1) is 11.5 Å². The number of carbonyl (C=O) groups is 1. The Labute approximate surface area is 93.5 Å². The third-order valence-electron chi connectivity index (χ3n) is 1.95. The molecule has 0 saturated heterocycles. The Bertz CT molecular complexity index is 265. The first-order valence-electron chi connectivity index (χ1n) is 4.27. The molecule has 0 saturated carbocycles. The van der Waals surface area contributed by atoms with Gasteiger partial charge in [-0.1, -0.05) is 21.9 Å². The Morgan fingerprint density at radius 1 is 1.57 bits per heavy atom. The lowest BCUT2D eigenvalue weighted by atomic mass is 9.85. The molecular weight excluding hydrogens is 246 g/mol. The van der Waals surface area contributed by atoms with E-state index in [0.717, 1.165) is 0 Å². The first kappa shape index (κ1) is 13.5. The van der Waals surface area contributed by atoms with E-state index in [2.05, 4.69) is 27.8 Å². The van der Waals surface area contributed by atoms with Gasteiger partial charge in [0.15, 0.2) is 0 Å².